The van der Waals surface area contributed by atoms with Gasteiger partial charge in [-0.3, -0.25) is 0 Å². The Kier molecular flexibility index (Phi) is 7.54. The van der Waals surface area contributed by atoms with Gasteiger partial charge in [0.05, 0.1) is 13.2 Å². The molecule has 0 atom stereocenters. The van der Waals surface area contributed by atoms with Crippen molar-refractivity contribution in [3.8, 4) is 0 Å². The maximum Gasteiger partial charge on any atom is 0.127 e. The quantitative estimate of drug-likeness (QED) is 0.670. The molecule has 0 aromatic heterocycles. The van der Waals surface area contributed by atoms with Crippen molar-refractivity contribution in [2.45, 2.75) is 13.0 Å². The van der Waals surface area contributed by atoms with Gasteiger partial charge < -0.3 is 14.8 Å². The average molecular weight is 241 g/mol. The van der Waals surface area contributed by atoms with Gasteiger partial charge in [0.25, 0.3) is 0 Å². The van der Waals surface area contributed by atoms with Crippen LogP contribution in [-0.4, -0.2) is 33.5 Å². The van der Waals surface area contributed by atoms with E-state index >= 15 is 0 Å². The molecule has 1 rings (SSSR count). The van der Waals surface area contributed by atoms with Crippen molar-refractivity contribution in [2.24, 2.45) is 0 Å². The first-order chi connectivity index (χ1) is 8.34. The maximum absolute atomic E-state index is 13.2. The van der Waals surface area contributed by atoms with Crippen molar-refractivity contribution in [1.29, 1.82) is 0 Å². The number of hydrogen-bond acceptors (Lipinski definition) is 3. The minimum absolute atomic E-state index is 0.156. The summed E-state index contributed by atoms with van der Waals surface area (Å²) in [4.78, 5) is 0. The second-order valence-corrected chi connectivity index (χ2v) is 3.73. The van der Waals surface area contributed by atoms with E-state index in [0.717, 1.165) is 13.0 Å². The Morgan fingerprint density at radius 2 is 2.00 bits per heavy atom. The van der Waals surface area contributed by atoms with E-state index in [1.165, 1.54) is 6.07 Å². The van der Waals surface area contributed by atoms with Crippen LogP contribution in [0.4, 0.5) is 4.39 Å². The van der Waals surface area contributed by atoms with Gasteiger partial charge in [0.2, 0.25) is 0 Å². The molecule has 0 heterocycles. The molecule has 0 fully saturated rings. The van der Waals surface area contributed by atoms with Crippen molar-refractivity contribution < 1.29 is 13.9 Å². The van der Waals surface area contributed by atoms with Gasteiger partial charge in [-0.05, 0) is 19.0 Å². The molecule has 0 aliphatic heterocycles. The van der Waals surface area contributed by atoms with Gasteiger partial charge in [-0.2, -0.15) is 0 Å². The van der Waals surface area contributed by atoms with Crippen LogP contribution in [0, 0.1) is 5.82 Å². The normalized spacial score (nSPS) is 10.7. The van der Waals surface area contributed by atoms with Gasteiger partial charge in [-0.1, -0.05) is 18.2 Å². The summed E-state index contributed by atoms with van der Waals surface area (Å²) in [6.45, 7) is 3.34. The monoisotopic (exact) mass is 241 g/mol. The van der Waals surface area contributed by atoms with E-state index in [-0.39, 0.29) is 5.82 Å². The smallest absolute Gasteiger partial charge is 0.127 e. The molecular weight excluding hydrogens is 221 g/mol. The summed E-state index contributed by atoms with van der Waals surface area (Å²) >= 11 is 0. The first kappa shape index (κ1) is 14.1. The third kappa shape index (κ3) is 6.36. The summed E-state index contributed by atoms with van der Waals surface area (Å²) in [5.74, 6) is -0.156. The van der Waals surface area contributed by atoms with Gasteiger partial charge >= 0.3 is 0 Å². The minimum atomic E-state index is -0.156. The fourth-order valence-corrected chi connectivity index (χ4v) is 1.41. The second-order valence-electron chi connectivity index (χ2n) is 3.73. The van der Waals surface area contributed by atoms with E-state index in [1.807, 2.05) is 6.07 Å². The number of rotatable bonds is 9. The highest BCUT2D eigenvalue weighted by atomic mass is 19.1. The molecule has 0 saturated heterocycles. The lowest BCUT2D eigenvalue weighted by molar-refractivity contribution is 0.0694. The first-order valence-corrected chi connectivity index (χ1v) is 5.85. The zero-order valence-electron chi connectivity index (χ0n) is 10.2. The first-order valence-electron chi connectivity index (χ1n) is 5.85. The van der Waals surface area contributed by atoms with E-state index in [0.29, 0.717) is 31.9 Å². The highest BCUT2D eigenvalue weighted by Gasteiger charge is 1.98. The van der Waals surface area contributed by atoms with Crippen LogP contribution in [-0.2, 0) is 16.0 Å². The number of methoxy groups -OCH3 is 1. The molecule has 0 unspecified atom stereocenters. The number of halogens is 1. The number of nitrogens with one attached hydrogen (secondary N) is 1. The zero-order valence-corrected chi connectivity index (χ0v) is 10.2. The SMILES string of the molecule is COCCOCCCNCc1ccccc1F. The van der Waals surface area contributed by atoms with Gasteiger partial charge in [0, 0.05) is 25.8 Å². The lowest BCUT2D eigenvalue weighted by Gasteiger charge is -2.06. The molecule has 96 valence electrons. The van der Waals surface area contributed by atoms with E-state index in [1.54, 1.807) is 19.2 Å². The maximum atomic E-state index is 13.2. The van der Waals surface area contributed by atoms with Crippen LogP contribution in [0.25, 0.3) is 0 Å². The largest absolute Gasteiger partial charge is 0.382 e. The average Bonchev–Trinajstić information content (AvgIpc) is 2.35. The van der Waals surface area contributed by atoms with Gasteiger partial charge in [-0.25, -0.2) is 4.39 Å². The van der Waals surface area contributed by atoms with Crippen LogP contribution in [0.2, 0.25) is 0 Å². The Hall–Kier alpha value is -0.970. The lowest BCUT2D eigenvalue weighted by Crippen LogP contribution is -2.17. The molecule has 1 N–H and O–H groups in total. The summed E-state index contributed by atoms with van der Waals surface area (Å²) in [5.41, 5.74) is 0.702. The predicted molar refractivity (Wildman–Crippen MR) is 65.4 cm³/mol. The standard InChI is InChI=1S/C13H20FNO2/c1-16-9-10-17-8-4-7-15-11-12-5-2-3-6-13(12)14/h2-3,5-6,15H,4,7-11H2,1H3. The molecule has 17 heavy (non-hydrogen) atoms. The topological polar surface area (TPSA) is 30.5 Å². The van der Waals surface area contributed by atoms with E-state index in [2.05, 4.69) is 5.32 Å². The number of ether oxygens (including phenoxy) is 2. The lowest BCUT2D eigenvalue weighted by atomic mass is 10.2. The van der Waals surface area contributed by atoms with Crippen LogP contribution < -0.4 is 5.32 Å². The van der Waals surface area contributed by atoms with E-state index < -0.39 is 0 Å². The molecule has 1 aromatic rings. The molecular formula is C13H20FNO2. The molecule has 0 bridgehead atoms. The molecule has 0 amide bonds. The third-order valence-corrected chi connectivity index (χ3v) is 2.35. The van der Waals surface area contributed by atoms with E-state index in [9.17, 15) is 4.39 Å². The second kappa shape index (κ2) is 9.10. The Balaban J connectivity index is 1.99. The van der Waals surface area contributed by atoms with Crippen molar-refractivity contribution in [3.05, 3.63) is 35.6 Å². The van der Waals surface area contributed by atoms with Crippen molar-refractivity contribution in [1.82, 2.24) is 5.32 Å². The molecule has 4 heteroatoms. The van der Waals surface area contributed by atoms with Crippen molar-refractivity contribution >= 4 is 0 Å². The van der Waals surface area contributed by atoms with Gasteiger partial charge in [0.1, 0.15) is 5.82 Å². The highest BCUT2D eigenvalue weighted by molar-refractivity contribution is 5.16. The van der Waals surface area contributed by atoms with Gasteiger partial charge in [-0.15, -0.1) is 0 Å². The molecule has 1 aromatic carbocycles. The van der Waals surface area contributed by atoms with E-state index in [4.69, 9.17) is 9.47 Å². The Labute approximate surface area is 102 Å². The van der Waals surface area contributed by atoms with Crippen LogP contribution in [0.15, 0.2) is 24.3 Å². The molecule has 0 spiro atoms. The van der Waals surface area contributed by atoms with Crippen LogP contribution in [0.1, 0.15) is 12.0 Å². The Bertz CT molecular complexity index is 307. The molecule has 0 saturated carbocycles. The number of benzene rings is 1. The Morgan fingerprint density at radius 3 is 2.76 bits per heavy atom. The zero-order chi connectivity index (χ0) is 12.3. The summed E-state index contributed by atoms with van der Waals surface area (Å²) in [6, 6.07) is 6.80. The highest BCUT2D eigenvalue weighted by Crippen LogP contribution is 2.05. The molecule has 0 radical (unpaired) electrons. The summed E-state index contributed by atoms with van der Waals surface area (Å²) in [5, 5.41) is 3.18. The summed E-state index contributed by atoms with van der Waals surface area (Å²) < 4.78 is 23.4. The van der Waals surface area contributed by atoms with Gasteiger partial charge in [0.15, 0.2) is 0 Å². The van der Waals surface area contributed by atoms with Crippen LogP contribution in [0.3, 0.4) is 0 Å². The number of hydrogen-bond donors (Lipinski definition) is 1. The Morgan fingerprint density at radius 1 is 1.18 bits per heavy atom. The third-order valence-electron chi connectivity index (χ3n) is 2.35. The van der Waals surface area contributed by atoms with Crippen molar-refractivity contribution in [2.75, 3.05) is 33.5 Å². The summed E-state index contributed by atoms with van der Waals surface area (Å²) in [7, 11) is 1.65. The summed E-state index contributed by atoms with van der Waals surface area (Å²) in [6.07, 6.45) is 0.915. The van der Waals surface area contributed by atoms with Crippen LogP contribution >= 0.6 is 0 Å². The molecule has 0 aliphatic rings. The fourth-order valence-electron chi connectivity index (χ4n) is 1.41. The van der Waals surface area contributed by atoms with Crippen LogP contribution in [0.5, 0.6) is 0 Å². The minimum Gasteiger partial charge on any atom is -0.382 e. The molecule has 3 nitrogen and oxygen atoms in total. The predicted octanol–water partition coefficient (Wildman–Crippen LogP) is 1.97. The molecule has 0 aliphatic carbocycles. The van der Waals surface area contributed by atoms with Crippen molar-refractivity contribution in [3.63, 3.8) is 0 Å². The fraction of sp³-hybridized carbons (Fsp3) is 0.538.